The summed E-state index contributed by atoms with van der Waals surface area (Å²) in [5.41, 5.74) is 8.00. The van der Waals surface area contributed by atoms with Gasteiger partial charge in [-0.05, 0) is 48.8 Å². The average molecular weight is 263 g/mol. The van der Waals surface area contributed by atoms with E-state index in [4.69, 9.17) is 5.73 Å². The highest BCUT2D eigenvalue weighted by atomic mass is 19.1. The summed E-state index contributed by atoms with van der Waals surface area (Å²) >= 11 is 0. The van der Waals surface area contributed by atoms with Crippen molar-refractivity contribution >= 4 is 0 Å². The van der Waals surface area contributed by atoms with Crippen molar-refractivity contribution in [1.29, 1.82) is 0 Å². The lowest BCUT2D eigenvalue weighted by atomic mass is 9.76. The van der Waals surface area contributed by atoms with Crippen LogP contribution in [0.2, 0.25) is 0 Å². The number of rotatable bonds is 4. The third-order valence-electron chi connectivity index (χ3n) is 4.68. The third-order valence-corrected chi connectivity index (χ3v) is 4.68. The molecule has 1 aliphatic rings. The summed E-state index contributed by atoms with van der Waals surface area (Å²) in [7, 11) is 0. The van der Waals surface area contributed by atoms with Crippen LogP contribution >= 0.6 is 0 Å². The molecule has 0 aliphatic heterocycles. The smallest absolute Gasteiger partial charge is 0.126 e. The zero-order valence-electron chi connectivity index (χ0n) is 12.2. The normalized spacial score (nSPS) is 25.3. The number of nitrogens with two attached hydrogens (primary N) is 1. The first kappa shape index (κ1) is 14.5. The standard InChI is InChI=1S/C17H26FN/c1-3-4-13-6-9-14(10-7-13)17(19)15-8-5-12(2)16(18)11-15/h5,8,11,13-14,17H,3-4,6-7,9-10,19H2,1-2H3. The number of benzene rings is 1. The van der Waals surface area contributed by atoms with Crippen LogP contribution in [0.4, 0.5) is 4.39 Å². The van der Waals surface area contributed by atoms with E-state index < -0.39 is 0 Å². The van der Waals surface area contributed by atoms with Gasteiger partial charge in [-0.3, -0.25) is 0 Å². The molecule has 1 fully saturated rings. The topological polar surface area (TPSA) is 26.0 Å². The van der Waals surface area contributed by atoms with E-state index in [-0.39, 0.29) is 11.9 Å². The molecule has 19 heavy (non-hydrogen) atoms. The molecule has 106 valence electrons. The van der Waals surface area contributed by atoms with Crippen molar-refractivity contribution in [3.05, 3.63) is 35.1 Å². The highest BCUT2D eigenvalue weighted by Gasteiger charge is 2.26. The van der Waals surface area contributed by atoms with Crippen molar-refractivity contribution in [3.8, 4) is 0 Å². The van der Waals surface area contributed by atoms with Crippen LogP contribution in [0.25, 0.3) is 0 Å². The molecule has 1 unspecified atom stereocenters. The molecule has 1 aliphatic carbocycles. The average Bonchev–Trinajstić information content (AvgIpc) is 2.42. The highest BCUT2D eigenvalue weighted by Crippen LogP contribution is 2.37. The zero-order valence-corrected chi connectivity index (χ0v) is 12.2. The van der Waals surface area contributed by atoms with Gasteiger partial charge in [-0.1, -0.05) is 44.7 Å². The van der Waals surface area contributed by atoms with E-state index in [2.05, 4.69) is 6.92 Å². The first-order valence-electron chi connectivity index (χ1n) is 7.63. The van der Waals surface area contributed by atoms with Crippen molar-refractivity contribution in [2.75, 3.05) is 0 Å². The SMILES string of the molecule is CCCC1CCC(C(N)c2ccc(C)c(F)c2)CC1. The Labute approximate surface area is 116 Å². The molecule has 2 rings (SSSR count). The van der Waals surface area contributed by atoms with E-state index in [1.54, 1.807) is 13.0 Å². The van der Waals surface area contributed by atoms with Gasteiger partial charge < -0.3 is 5.73 Å². The highest BCUT2D eigenvalue weighted by molar-refractivity contribution is 5.26. The Balaban J connectivity index is 1.97. The first-order valence-corrected chi connectivity index (χ1v) is 7.63. The van der Waals surface area contributed by atoms with E-state index in [9.17, 15) is 4.39 Å². The number of aryl methyl sites for hydroxylation is 1. The molecule has 0 aromatic heterocycles. The summed E-state index contributed by atoms with van der Waals surface area (Å²) in [6.45, 7) is 4.05. The molecule has 2 N–H and O–H groups in total. The minimum absolute atomic E-state index is 0.00215. The van der Waals surface area contributed by atoms with Crippen LogP contribution < -0.4 is 5.73 Å². The molecule has 0 amide bonds. The molecule has 0 heterocycles. The quantitative estimate of drug-likeness (QED) is 0.834. The second-order valence-corrected chi connectivity index (χ2v) is 6.10. The van der Waals surface area contributed by atoms with Gasteiger partial charge in [0, 0.05) is 6.04 Å². The lowest BCUT2D eigenvalue weighted by Gasteiger charge is -2.32. The minimum Gasteiger partial charge on any atom is -0.324 e. The molecule has 1 nitrogen and oxygen atoms in total. The van der Waals surface area contributed by atoms with E-state index in [1.165, 1.54) is 38.5 Å². The van der Waals surface area contributed by atoms with E-state index >= 15 is 0 Å². The maximum atomic E-state index is 13.6. The van der Waals surface area contributed by atoms with E-state index in [1.807, 2.05) is 12.1 Å². The van der Waals surface area contributed by atoms with Gasteiger partial charge in [0.2, 0.25) is 0 Å². The maximum Gasteiger partial charge on any atom is 0.126 e. The predicted octanol–water partition coefficient (Wildman–Crippen LogP) is 4.74. The van der Waals surface area contributed by atoms with E-state index in [0.717, 1.165) is 11.5 Å². The van der Waals surface area contributed by atoms with Gasteiger partial charge in [0.1, 0.15) is 5.82 Å². The van der Waals surface area contributed by atoms with Crippen molar-refractivity contribution in [2.24, 2.45) is 17.6 Å². The Kier molecular flexibility index (Phi) is 4.98. The molecule has 0 saturated heterocycles. The van der Waals surface area contributed by atoms with Crippen LogP contribution in [0.3, 0.4) is 0 Å². The fourth-order valence-electron chi connectivity index (χ4n) is 3.33. The van der Waals surface area contributed by atoms with Crippen molar-refractivity contribution in [3.63, 3.8) is 0 Å². The van der Waals surface area contributed by atoms with Crippen molar-refractivity contribution in [2.45, 2.75) is 58.4 Å². The fourth-order valence-corrected chi connectivity index (χ4v) is 3.33. The van der Waals surface area contributed by atoms with Gasteiger partial charge in [-0.25, -0.2) is 4.39 Å². The number of halogens is 1. The summed E-state index contributed by atoms with van der Waals surface area (Å²) in [5, 5.41) is 0. The molecule has 1 saturated carbocycles. The molecular weight excluding hydrogens is 237 g/mol. The van der Waals surface area contributed by atoms with Gasteiger partial charge >= 0.3 is 0 Å². The fraction of sp³-hybridized carbons (Fsp3) is 0.647. The van der Waals surface area contributed by atoms with Crippen molar-refractivity contribution in [1.82, 2.24) is 0 Å². The second kappa shape index (κ2) is 6.51. The maximum absolute atomic E-state index is 13.6. The van der Waals surface area contributed by atoms with Crippen LogP contribution in [-0.2, 0) is 0 Å². The second-order valence-electron chi connectivity index (χ2n) is 6.10. The zero-order chi connectivity index (χ0) is 13.8. The largest absolute Gasteiger partial charge is 0.324 e. The van der Waals surface area contributed by atoms with Gasteiger partial charge in [-0.2, -0.15) is 0 Å². The Morgan fingerprint density at radius 1 is 1.26 bits per heavy atom. The monoisotopic (exact) mass is 263 g/mol. The third kappa shape index (κ3) is 3.56. The molecule has 1 aromatic rings. The molecule has 1 atom stereocenters. The molecule has 0 bridgehead atoms. The van der Waals surface area contributed by atoms with Gasteiger partial charge in [-0.15, -0.1) is 0 Å². The van der Waals surface area contributed by atoms with Gasteiger partial charge in [0.25, 0.3) is 0 Å². The summed E-state index contributed by atoms with van der Waals surface area (Å²) < 4.78 is 13.6. The van der Waals surface area contributed by atoms with Gasteiger partial charge in [0.15, 0.2) is 0 Å². The van der Waals surface area contributed by atoms with Crippen LogP contribution in [-0.4, -0.2) is 0 Å². The first-order chi connectivity index (χ1) is 9.11. The van der Waals surface area contributed by atoms with Crippen LogP contribution in [0.5, 0.6) is 0 Å². The molecule has 0 radical (unpaired) electrons. The Morgan fingerprint density at radius 2 is 1.95 bits per heavy atom. The van der Waals surface area contributed by atoms with Crippen LogP contribution in [0.1, 0.15) is 62.6 Å². The van der Waals surface area contributed by atoms with Crippen LogP contribution in [0, 0.1) is 24.6 Å². The lowest BCUT2D eigenvalue weighted by molar-refractivity contribution is 0.234. The molecule has 0 spiro atoms. The summed E-state index contributed by atoms with van der Waals surface area (Å²) in [4.78, 5) is 0. The summed E-state index contributed by atoms with van der Waals surface area (Å²) in [6.07, 6.45) is 7.61. The Bertz CT molecular complexity index is 408. The molecule has 2 heteroatoms. The van der Waals surface area contributed by atoms with Crippen LogP contribution in [0.15, 0.2) is 18.2 Å². The summed E-state index contributed by atoms with van der Waals surface area (Å²) in [5.74, 6) is 1.28. The minimum atomic E-state index is -0.132. The summed E-state index contributed by atoms with van der Waals surface area (Å²) in [6, 6.07) is 5.45. The van der Waals surface area contributed by atoms with Crippen molar-refractivity contribution < 1.29 is 4.39 Å². The van der Waals surface area contributed by atoms with E-state index in [0.29, 0.717) is 11.5 Å². The Morgan fingerprint density at radius 3 is 2.53 bits per heavy atom. The Hall–Kier alpha value is -0.890. The molecule has 1 aromatic carbocycles. The molecular formula is C17H26FN. The predicted molar refractivity (Wildman–Crippen MR) is 78.4 cm³/mol. The lowest BCUT2D eigenvalue weighted by Crippen LogP contribution is -2.26. The number of hydrogen-bond donors (Lipinski definition) is 1. The van der Waals surface area contributed by atoms with Gasteiger partial charge in [0.05, 0.1) is 0 Å². The number of hydrogen-bond acceptors (Lipinski definition) is 1.